The van der Waals surface area contributed by atoms with E-state index in [0.29, 0.717) is 23.7 Å². The van der Waals surface area contributed by atoms with Crippen LogP contribution < -0.4 is 5.73 Å². The molecule has 130 valence electrons. The standard InChI is InChI=1S/C20H28N2O2/c1-24-20(23)14-4-7-16-17(12-14)19-9-8-18(16)22(19)11-10-13-2-5-15(21)6-3-13/h4,7,12-13,15,18-19H,2-3,5-6,8-11,21H2,1H3. The Labute approximate surface area is 144 Å². The SMILES string of the molecule is COC(=O)c1ccc2c(c1)C1CCC2N1CCC1CCC(N)CC1. The fourth-order valence-corrected chi connectivity index (χ4v) is 5.06. The summed E-state index contributed by atoms with van der Waals surface area (Å²) in [7, 11) is 1.45. The second-order valence-corrected chi connectivity index (χ2v) is 7.75. The van der Waals surface area contributed by atoms with E-state index < -0.39 is 0 Å². The Morgan fingerprint density at radius 3 is 2.54 bits per heavy atom. The molecule has 1 aromatic carbocycles. The van der Waals surface area contributed by atoms with Crippen LogP contribution in [-0.4, -0.2) is 30.6 Å². The Hall–Kier alpha value is -1.39. The topological polar surface area (TPSA) is 55.6 Å². The molecule has 2 N–H and O–H groups in total. The molecule has 2 fully saturated rings. The summed E-state index contributed by atoms with van der Waals surface area (Å²) in [5, 5.41) is 0. The minimum atomic E-state index is -0.231. The molecule has 0 amide bonds. The minimum Gasteiger partial charge on any atom is -0.465 e. The van der Waals surface area contributed by atoms with Crippen LogP contribution in [0, 0.1) is 5.92 Å². The summed E-state index contributed by atoms with van der Waals surface area (Å²) >= 11 is 0. The number of fused-ring (bicyclic) bond motifs is 5. The average molecular weight is 328 g/mol. The molecule has 3 aliphatic rings. The van der Waals surface area contributed by atoms with E-state index in [1.165, 1.54) is 69.7 Å². The summed E-state index contributed by atoms with van der Waals surface area (Å²) in [5.74, 6) is 0.615. The number of methoxy groups -OCH3 is 1. The fourth-order valence-electron chi connectivity index (χ4n) is 5.06. The van der Waals surface area contributed by atoms with E-state index in [1.54, 1.807) is 0 Å². The molecule has 2 atom stereocenters. The maximum absolute atomic E-state index is 11.8. The molecule has 2 unspecified atom stereocenters. The van der Waals surface area contributed by atoms with Gasteiger partial charge in [0.1, 0.15) is 0 Å². The van der Waals surface area contributed by atoms with Gasteiger partial charge in [0, 0.05) is 18.1 Å². The summed E-state index contributed by atoms with van der Waals surface area (Å²) in [6.45, 7) is 1.18. The lowest BCUT2D eigenvalue weighted by Gasteiger charge is -2.29. The summed E-state index contributed by atoms with van der Waals surface area (Å²) in [5.41, 5.74) is 9.51. The van der Waals surface area contributed by atoms with Crippen LogP contribution in [0.25, 0.3) is 0 Å². The molecule has 1 aromatic rings. The monoisotopic (exact) mass is 328 g/mol. The van der Waals surface area contributed by atoms with E-state index in [-0.39, 0.29) is 5.97 Å². The summed E-state index contributed by atoms with van der Waals surface area (Å²) < 4.78 is 4.88. The maximum Gasteiger partial charge on any atom is 0.337 e. The number of esters is 1. The van der Waals surface area contributed by atoms with Crippen molar-refractivity contribution in [1.29, 1.82) is 0 Å². The number of nitrogens with zero attached hydrogens (tertiary/aromatic N) is 1. The molecule has 4 heteroatoms. The van der Waals surface area contributed by atoms with Gasteiger partial charge in [0.25, 0.3) is 0 Å². The third-order valence-corrected chi connectivity index (χ3v) is 6.43. The minimum absolute atomic E-state index is 0.231. The second kappa shape index (κ2) is 6.49. The molecule has 1 saturated heterocycles. The zero-order chi connectivity index (χ0) is 16.7. The summed E-state index contributed by atoms with van der Waals surface area (Å²) in [6.07, 6.45) is 8.74. The van der Waals surface area contributed by atoms with Gasteiger partial charge in [0.2, 0.25) is 0 Å². The zero-order valence-electron chi connectivity index (χ0n) is 14.5. The van der Waals surface area contributed by atoms with E-state index in [4.69, 9.17) is 10.5 Å². The van der Waals surface area contributed by atoms with Gasteiger partial charge in [-0.2, -0.15) is 0 Å². The van der Waals surface area contributed by atoms with Gasteiger partial charge in [-0.1, -0.05) is 6.07 Å². The largest absolute Gasteiger partial charge is 0.465 e. The van der Waals surface area contributed by atoms with Gasteiger partial charge < -0.3 is 10.5 Å². The lowest BCUT2D eigenvalue weighted by atomic mass is 9.84. The number of hydrogen-bond acceptors (Lipinski definition) is 4. The fraction of sp³-hybridized carbons (Fsp3) is 0.650. The normalized spacial score (nSPS) is 31.9. The molecule has 4 rings (SSSR count). The predicted octanol–water partition coefficient (Wildman–Crippen LogP) is 3.57. The molecular formula is C20H28N2O2. The van der Waals surface area contributed by atoms with Gasteiger partial charge in [-0.3, -0.25) is 4.90 Å². The molecule has 24 heavy (non-hydrogen) atoms. The third-order valence-electron chi connectivity index (χ3n) is 6.43. The van der Waals surface area contributed by atoms with Gasteiger partial charge in [-0.25, -0.2) is 4.79 Å². The number of hydrogen-bond donors (Lipinski definition) is 1. The Balaban J connectivity index is 1.44. The van der Waals surface area contributed by atoms with Gasteiger partial charge in [0.05, 0.1) is 12.7 Å². The van der Waals surface area contributed by atoms with Gasteiger partial charge in [-0.15, -0.1) is 0 Å². The van der Waals surface area contributed by atoms with Crippen molar-refractivity contribution in [3.8, 4) is 0 Å². The lowest BCUT2D eigenvalue weighted by Crippen LogP contribution is -2.29. The first-order valence-corrected chi connectivity index (χ1v) is 9.41. The number of benzene rings is 1. The second-order valence-electron chi connectivity index (χ2n) is 7.75. The Morgan fingerprint density at radius 1 is 1.12 bits per heavy atom. The smallest absolute Gasteiger partial charge is 0.337 e. The van der Waals surface area contributed by atoms with Gasteiger partial charge in [-0.05, 0) is 80.7 Å². The highest BCUT2D eigenvalue weighted by Crippen LogP contribution is 2.53. The molecular weight excluding hydrogens is 300 g/mol. The van der Waals surface area contributed by atoms with Crippen molar-refractivity contribution in [1.82, 2.24) is 4.90 Å². The van der Waals surface area contributed by atoms with Crippen molar-refractivity contribution in [2.75, 3.05) is 13.7 Å². The highest BCUT2D eigenvalue weighted by Gasteiger charge is 2.43. The first-order chi connectivity index (χ1) is 11.7. The molecule has 2 bridgehead atoms. The number of rotatable bonds is 4. The number of carbonyl (C=O) groups is 1. The Kier molecular flexibility index (Phi) is 4.35. The number of carbonyl (C=O) groups excluding carboxylic acids is 1. The average Bonchev–Trinajstić information content (AvgIpc) is 3.16. The molecule has 0 radical (unpaired) electrons. The van der Waals surface area contributed by atoms with Gasteiger partial charge in [0.15, 0.2) is 0 Å². The van der Waals surface area contributed by atoms with Crippen LogP contribution in [0.1, 0.15) is 78.5 Å². The Bertz CT molecular complexity index is 622. The number of nitrogens with two attached hydrogens (primary N) is 1. The van der Waals surface area contributed by atoms with E-state index in [0.717, 1.165) is 5.92 Å². The van der Waals surface area contributed by atoms with Crippen molar-refractivity contribution < 1.29 is 9.53 Å². The Morgan fingerprint density at radius 2 is 1.83 bits per heavy atom. The predicted molar refractivity (Wildman–Crippen MR) is 93.8 cm³/mol. The highest BCUT2D eigenvalue weighted by atomic mass is 16.5. The van der Waals surface area contributed by atoms with Crippen LogP contribution in [0.4, 0.5) is 0 Å². The van der Waals surface area contributed by atoms with E-state index >= 15 is 0 Å². The van der Waals surface area contributed by atoms with Crippen molar-refractivity contribution in [2.45, 2.75) is 63.1 Å². The molecule has 1 saturated carbocycles. The lowest BCUT2D eigenvalue weighted by molar-refractivity contribution is 0.0600. The third kappa shape index (κ3) is 2.76. The van der Waals surface area contributed by atoms with Crippen molar-refractivity contribution in [3.63, 3.8) is 0 Å². The van der Waals surface area contributed by atoms with Crippen LogP contribution in [0.2, 0.25) is 0 Å². The van der Waals surface area contributed by atoms with E-state index in [2.05, 4.69) is 17.0 Å². The van der Waals surface area contributed by atoms with E-state index in [9.17, 15) is 4.79 Å². The summed E-state index contributed by atoms with van der Waals surface area (Å²) in [6, 6.07) is 7.63. The van der Waals surface area contributed by atoms with Crippen molar-refractivity contribution in [3.05, 3.63) is 34.9 Å². The number of ether oxygens (including phenoxy) is 1. The molecule has 0 spiro atoms. The molecule has 2 heterocycles. The van der Waals surface area contributed by atoms with Gasteiger partial charge >= 0.3 is 5.97 Å². The molecule has 4 nitrogen and oxygen atoms in total. The van der Waals surface area contributed by atoms with Crippen LogP contribution in [-0.2, 0) is 4.74 Å². The molecule has 0 aromatic heterocycles. The zero-order valence-corrected chi connectivity index (χ0v) is 14.5. The first-order valence-electron chi connectivity index (χ1n) is 9.41. The van der Waals surface area contributed by atoms with E-state index in [1.807, 2.05) is 6.07 Å². The van der Waals surface area contributed by atoms with Crippen LogP contribution in [0.3, 0.4) is 0 Å². The highest BCUT2D eigenvalue weighted by molar-refractivity contribution is 5.89. The van der Waals surface area contributed by atoms with Crippen LogP contribution in [0.15, 0.2) is 18.2 Å². The van der Waals surface area contributed by atoms with Crippen LogP contribution in [0.5, 0.6) is 0 Å². The van der Waals surface area contributed by atoms with Crippen molar-refractivity contribution in [2.24, 2.45) is 11.7 Å². The molecule has 2 aliphatic heterocycles. The quantitative estimate of drug-likeness (QED) is 0.859. The maximum atomic E-state index is 11.8. The first kappa shape index (κ1) is 16.1. The summed E-state index contributed by atoms with van der Waals surface area (Å²) in [4.78, 5) is 14.5. The van der Waals surface area contributed by atoms with Crippen LogP contribution >= 0.6 is 0 Å². The molecule has 1 aliphatic carbocycles. The van der Waals surface area contributed by atoms with Crippen molar-refractivity contribution >= 4 is 5.97 Å².